The summed E-state index contributed by atoms with van der Waals surface area (Å²) in [6.45, 7) is 7.06. The van der Waals surface area contributed by atoms with Crippen LogP contribution in [-0.2, 0) is 10.8 Å². The summed E-state index contributed by atoms with van der Waals surface area (Å²) in [5, 5.41) is 2.33. The summed E-state index contributed by atoms with van der Waals surface area (Å²) in [5.41, 5.74) is 19.1. The second kappa shape index (κ2) is 11.7. The first-order valence-corrected chi connectivity index (χ1v) is 19.3. The molecule has 0 saturated heterocycles. The van der Waals surface area contributed by atoms with Gasteiger partial charge >= 0.3 is 0 Å². The molecule has 0 radical (unpaired) electrons. The van der Waals surface area contributed by atoms with E-state index in [0.717, 1.165) is 44.7 Å². The van der Waals surface area contributed by atoms with Gasteiger partial charge in [-0.1, -0.05) is 141 Å². The number of fused-ring (bicyclic) bond motifs is 9. The van der Waals surface area contributed by atoms with Gasteiger partial charge < -0.3 is 9.32 Å². The highest BCUT2D eigenvalue weighted by atomic mass is 16.3. The highest BCUT2D eigenvalue weighted by Crippen LogP contribution is 2.55. The average Bonchev–Trinajstić information content (AvgIpc) is 3.82. The fourth-order valence-electron chi connectivity index (χ4n) is 9.82. The van der Waals surface area contributed by atoms with Crippen LogP contribution >= 0.6 is 0 Å². The zero-order valence-electron chi connectivity index (χ0n) is 31.2. The number of hydrogen-bond acceptors (Lipinski definition) is 2. The lowest BCUT2D eigenvalue weighted by molar-refractivity contribution is 0.660. The lowest BCUT2D eigenvalue weighted by Crippen LogP contribution is -2.22. The first-order valence-electron chi connectivity index (χ1n) is 19.3. The van der Waals surface area contributed by atoms with Gasteiger partial charge in [-0.25, -0.2) is 0 Å². The van der Waals surface area contributed by atoms with Crippen LogP contribution in [0.5, 0.6) is 0 Å². The molecule has 0 amide bonds. The maximum Gasteiger partial charge on any atom is 0.136 e. The highest BCUT2D eigenvalue weighted by Gasteiger charge is 2.42. The van der Waals surface area contributed by atoms with Crippen LogP contribution in [0.25, 0.3) is 55.3 Å². The van der Waals surface area contributed by atoms with Crippen molar-refractivity contribution in [3.8, 4) is 33.4 Å². The van der Waals surface area contributed by atoms with E-state index in [9.17, 15) is 0 Å². The van der Waals surface area contributed by atoms with E-state index in [0.29, 0.717) is 0 Å². The summed E-state index contributed by atoms with van der Waals surface area (Å²) in [6, 6.07) is 66.4. The molecule has 0 aliphatic heterocycles. The Balaban J connectivity index is 0.986. The van der Waals surface area contributed by atoms with Crippen LogP contribution in [0, 0.1) is 0 Å². The third kappa shape index (κ3) is 4.55. The molecule has 0 saturated carbocycles. The Bertz CT molecular complexity index is 2920. The smallest absolute Gasteiger partial charge is 0.136 e. The van der Waals surface area contributed by atoms with Crippen molar-refractivity contribution in [1.29, 1.82) is 0 Å². The Hall–Kier alpha value is -6.64. The molecule has 0 atom stereocenters. The van der Waals surface area contributed by atoms with Crippen molar-refractivity contribution in [2.75, 3.05) is 4.90 Å². The second-order valence-electron chi connectivity index (χ2n) is 15.8. The number of anilines is 3. The first kappa shape index (κ1) is 31.8. The molecule has 0 bridgehead atoms. The van der Waals surface area contributed by atoms with Crippen LogP contribution < -0.4 is 4.90 Å². The van der Waals surface area contributed by atoms with Crippen LogP contribution in [-0.4, -0.2) is 0 Å². The maximum atomic E-state index is 6.68. The molecule has 1 aromatic heterocycles. The van der Waals surface area contributed by atoms with Gasteiger partial charge in [0.15, 0.2) is 0 Å². The summed E-state index contributed by atoms with van der Waals surface area (Å²) in [4.78, 5) is 2.37. The molecule has 0 unspecified atom stereocenters. The summed E-state index contributed by atoms with van der Waals surface area (Å²) >= 11 is 0. The van der Waals surface area contributed by atoms with Crippen molar-refractivity contribution in [2.45, 2.75) is 31.6 Å². The van der Waals surface area contributed by atoms with Crippen molar-refractivity contribution in [3.05, 3.63) is 210 Å². The van der Waals surface area contributed by atoms with E-state index in [-0.39, 0.29) is 10.8 Å². The van der Waals surface area contributed by atoms with Crippen molar-refractivity contribution in [2.24, 2.45) is 0 Å². The fourth-order valence-corrected chi connectivity index (χ4v) is 9.82. The third-order valence-electron chi connectivity index (χ3n) is 12.6. The fraction of sp³-hybridized carbons (Fsp3) is 0.0943. The Kier molecular flexibility index (Phi) is 6.76. The topological polar surface area (TPSA) is 16.4 Å². The van der Waals surface area contributed by atoms with Crippen molar-refractivity contribution >= 4 is 39.0 Å². The number of rotatable bonds is 5. The van der Waals surface area contributed by atoms with Gasteiger partial charge in [0, 0.05) is 38.7 Å². The Labute approximate surface area is 322 Å². The van der Waals surface area contributed by atoms with E-state index in [2.05, 4.69) is 208 Å². The predicted octanol–water partition coefficient (Wildman–Crippen LogP) is 14.4. The van der Waals surface area contributed by atoms with Gasteiger partial charge in [0.25, 0.3) is 0 Å². The minimum Gasteiger partial charge on any atom is -0.456 e. The molecule has 0 spiro atoms. The van der Waals surface area contributed by atoms with Crippen LogP contribution in [0.3, 0.4) is 0 Å². The molecular formula is C53H39NO. The second-order valence-corrected chi connectivity index (χ2v) is 15.8. The molecule has 2 aliphatic rings. The quantitative estimate of drug-likeness (QED) is 0.177. The van der Waals surface area contributed by atoms with Crippen molar-refractivity contribution < 1.29 is 4.42 Å². The van der Waals surface area contributed by atoms with Gasteiger partial charge in [0.1, 0.15) is 11.2 Å². The molecule has 55 heavy (non-hydrogen) atoms. The number of benzene rings is 8. The van der Waals surface area contributed by atoms with Crippen LogP contribution in [0.2, 0.25) is 0 Å². The maximum absolute atomic E-state index is 6.68. The molecule has 8 aromatic carbocycles. The molecule has 1 heterocycles. The molecule has 0 N–H and O–H groups in total. The minimum absolute atomic E-state index is 0.0754. The number of furan rings is 1. The van der Waals surface area contributed by atoms with Gasteiger partial charge in [-0.3, -0.25) is 0 Å². The van der Waals surface area contributed by atoms with E-state index >= 15 is 0 Å². The summed E-state index contributed by atoms with van der Waals surface area (Å²) in [7, 11) is 0. The van der Waals surface area contributed by atoms with E-state index < -0.39 is 0 Å². The number of hydrogen-bond donors (Lipinski definition) is 0. The van der Waals surface area contributed by atoms with Gasteiger partial charge in [0.05, 0.1) is 0 Å². The first-order chi connectivity index (χ1) is 26.9. The normalized spacial score (nSPS) is 14.4. The number of para-hydroxylation sites is 1. The van der Waals surface area contributed by atoms with Crippen molar-refractivity contribution in [3.63, 3.8) is 0 Å². The predicted molar refractivity (Wildman–Crippen MR) is 229 cm³/mol. The number of nitrogens with zero attached hydrogens (tertiary/aromatic N) is 1. The lowest BCUT2D eigenvalue weighted by atomic mass is 9.73. The molecular weight excluding hydrogens is 667 g/mol. The molecule has 9 aromatic rings. The van der Waals surface area contributed by atoms with E-state index in [1.54, 1.807) is 0 Å². The van der Waals surface area contributed by atoms with Crippen LogP contribution in [0.4, 0.5) is 17.1 Å². The molecule has 262 valence electrons. The van der Waals surface area contributed by atoms with E-state index in [4.69, 9.17) is 4.42 Å². The molecule has 11 rings (SSSR count). The van der Waals surface area contributed by atoms with Gasteiger partial charge in [-0.05, 0) is 123 Å². The molecule has 2 heteroatoms. The van der Waals surface area contributed by atoms with Crippen LogP contribution in [0.15, 0.2) is 186 Å². The van der Waals surface area contributed by atoms with Crippen molar-refractivity contribution in [1.82, 2.24) is 0 Å². The summed E-state index contributed by atoms with van der Waals surface area (Å²) in [5.74, 6) is 0. The van der Waals surface area contributed by atoms with Gasteiger partial charge in [-0.2, -0.15) is 0 Å². The third-order valence-corrected chi connectivity index (χ3v) is 12.6. The lowest BCUT2D eigenvalue weighted by Gasteiger charge is -2.29. The summed E-state index contributed by atoms with van der Waals surface area (Å²) < 4.78 is 6.68. The van der Waals surface area contributed by atoms with Gasteiger partial charge in [0.2, 0.25) is 0 Å². The van der Waals surface area contributed by atoms with E-state index in [1.807, 2.05) is 0 Å². The molecule has 0 fully saturated rings. The Morgan fingerprint density at radius 1 is 0.382 bits per heavy atom. The SMILES string of the molecule is CC1(C)c2ccccc2-c2ccc(N(c3ccccc3)c3ccc(-c4ccc5c(c4)oc4cccc(C6(C)c7ccccc7-c7ccccc76)c45)cc3)cc21. The zero-order chi connectivity index (χ0) is 36.9. The average molecular weight is 706 g/mol. The molecule has 2 aliphatic carbocycles. The largest absolute Gasteiger partial charge is 0.456 e. The Morgan fingerprint density at radius 3 is 1.64 bits per heavy atom. The molecule has 2 nitrogen and oxygen atoms in total. The Morgan fingerprint density at radius 2 is 0.927 bits per heavy atom. The highest BCUT2D eigenvalue weighted by molar-refractivity contribution is 6.09. The monoisotopic (exact) mass is 705 g/mol. The van der Waals surface area contributed by atoms with E-state index in [1.165, 1.54) is 55.5 Å². The minimum atomic E-state index is -0.304. The summed E-state index contributed by atoms with van der Waals surface area (Å²) in [6.07, 6.45) is 0. The van der Waals surface area contributed by atoms with Gasteiger partial charge in [-0.15, -0.1) is 0 Å². The zero-order valence-corrected chi connectivity index (χ0v) is 31.2. The van der Waals surface area contributed by atoms with Crippen LogP contribution in [0.1, 0.15) is 48.6 Å². The standard InChI is InChI=1S/C53H39NO/c1-52(2)44-19-10-7-16-39(44)42-31-29-38(33-48(42)52)54(36-14-5-4-6-15-36)37-27-24-34(25-28-37)35-26-30-43-50(32-35)55-49-23-13-22-47(51(43)49)53(3)45-20-11-8-17-40(45)41-18-9-12-21-46(41)53/h4-33H,1-3H3.